The Kier molecular flexibility index (Phi) is 3.94. The van der Waals surface area contributed by atoms with E-state index in [2.05, 4.69) is 35.6 Å². The van der Waals surface area contributed by atoms with Crippen LogP contribution in [0.3, 0.4) is 0 Å². The topological polar surface area (TPSA) is 58.6 Å². The number of likely N-dealkylation sites (tertiary alicyclic amines) is 1. The standard InChI is InChI=1S/C19H24N2O3/c22-17(15-6-9-24-18(23)20-12-15)21-8-7-19(13-21)10-16(11-19)14-4-2-1-3-5-14/h1-5,15-16H,6-13H2,(H,20,23)/t15-,16?,19?/m1/s1. The molecular weight excluding hydrogens is 304 g/mol. The fourth-order valence-corrected chi connectivity index (χ4v) is 4.53. The Balaban J connectivity index is 1.34. The first-order valence-corrected chi connectivity index (χ1v) is 8.90. The summed E-state index contributed by atoms with van der Waals surface area (Å²) in [5, 5.41) is 2.67. The largest absolute Gasteiger partial charge is 0.450 e. The van der Waals surface area contributed by atoms with Crippen LogP contribution in [0.15, 0.2) is 30.3 Å². The van der Waals surface area contributed by atoms with Crippen LogP contribution in [-0.4, -0.2) is 43.1 Å². The van der Waals surface area contributed by atoms with Crippen molar-refractivity contribution in [2.75, 3.05) is 26.2 Å². The predicted molar refractivity (Wildman–Crippen MR) is 89.5 cm³/mol. The molecule has 1 aromatic carbocycles. The molecule has 2 aliphatic heterocycles. The van der Waals surface area contributed by atoms with Gasteiger partial charge in [0.2, 0.25) is 5.91 Å². The van der Waals surface area contributed by atoms with Crippen molar-refractivity contribution in [2.24, 2.45) is 11.3 Å². The molecule has 3 fully saturated rings. The van der Waals surface area contributed by atoms with Gasteiger partial charge in [-0.25, -0.2) is 4.79 Å². The van der Waals surface area contributed by atoms with Crippen molar-refractivity contribution in [2.45, 2.75) is 31.6 Å². The van der Waals surface area contributed by atoms with Crippen LogP contribution >= 0.6 is 0 Å². The highest BCUT2D eigenvalue weighted by molar-refractivity contribution is 5.80. The second-order valence-electron chi connectivity index (χ2n) is 7.53. The molecule has 0 radical (unpaired) electrons. The van der Waals surface area contributed by atoms with Crippen LogP contribution < -0.4 is 5.32 Å². The van der Waals surface area contributed by atoms with Crippen LogP contribution in [0.2, 0.25) is 0 Å². The number of hydrogen-bond donors (Lipinski definition) is 1. The maximum atomic E-state index is 12.8. The van der Waals surface area contributed by atoms with E-state index in [1.54, 1.807) is 0 Å². The zero-order valence-electron chi connectivity index (χ0n) is 13.9. The van der Waals surface area contributed by atoms with E-state index >= 15 is 0 Å². The Morgan fingerprint density at radius 1 is 1.25 bits per heavy atom. The van der Waals surface area contributed by atoms with Gasteiger partial charge < -0.3 is 15.0 Å². The van der Waals surface area contributed by atoms with Crippen molar-refractivity contribution in [3.05, 3.63) is 35.9 Å². The van der Waals surface area contributed by atoms with Gasteiger partial charge in [-0.15, -0.1) is 0 Å². The lowest BCUT2D eigenvalue weighted by atomic mass is 9.59. The highest BCUT2D eigenvalue weighted by atomic mass is 16.5. The van der Waals surface area contributed by atoms with E-state index in [1.807, 2.05) is 4.90 Å². The number of nitrogens with zero attached hydrogens (tertiary/aromatic N) is 1. The summed E-state index contributed by atoms with van der Waals surface area (Å²) in [6, 6.07) is 10.7. The second-order valence-corrected chi connectivity index (χ2v) is 7.53. The number of alkyl carbamates (subject to hydrolysis) is 1. The summed E-state index contributed by atoms with van der Waals surface area (Å²) in [6.45, 7) is 2.46. The normalized spacial score (nSPS) is 32.7. The highest BCUT2D eigenvalue weighted by Crippen LogP contribution is 2.56. The number of hydrogen-bond acceptors (Lipinski definition) is 3. The molecule has 2 amide bonds. The average Bonchev–Trinajstić information content (AvgIpc) is 2.91. The van der Waals surface area contributed by atoms with E-state index < -0.39 is 6.09 Å². The number of ether oxygens (including phenoxy) is 1. The van der Waals surface area contributed by atoms with Gasteiger partial charge in [-0.1, -0.05) is 30.3 Å². The molecule has 2 saturated heterocycles. The van der Waals surface area contributed by atoms with Gasteiger partial charge in [-0.05, 0) is 42.6 Å². The van der Waals surface area contributed by atoms with E-state index in [-0.39, 0.29) is 11.8 Å². The summed E-state index contributed by atoms with van der Waals surface area (Å²) in [5.74, 6) is 0.684. The SMILES string of the molecule is O=C1NC[C@H](C(=O)N2CCC3(CC(c4ccccc4)C3)C2)CCO1. The van der Waals surface area contributed by atoms with Crippen molar-refractivity contribution in [3.8, 4) is 0 Å². The van der Waals surface area contributed by atoms with Gasteiger partial charge >= 0.3 is 6.09 Å². The first-order valence-electron chi connectivity index (χ1n) is 8.90. The minimum atomic E-state index is -0.409. The molecule has 0 unspecified atom stereocenters. The first-order chi connectivity index (χ1) is 11.7. The maximum absolute atomic E-state index is 12.8. The summed E-state index contributed by atoms with van der Waals surface area (Å²) >= 11 is 0. The van der Waals surface area contributed by atoms with E-state index in [1.165, 1.54) is 18.4 Å². The average molecular weight is 328 g/mol. The third kappa shape index (κ3) is 2.87. The lowest BCUT2D eigenvalue weighted by Gasteiger charge is -2.45. The summed E-state index contributed by atoms with van der Waals surface area (Å²) in [4.78, 5) is 26.0. The van der Waals surface area contributed by atoms with Gasteiger partial charge in [-0.2, -0.15) is 0 Å². The quantitative estimate of drug-likeness (QED) is 0.907. The summed E-state index contributed by atoms with van der Waals surface area (Å²) in [5.41, 5.74) is 1.75. The number of carbonyl (C=O) groups is 2. The minimum Gasteiger partial charge on any atom is -0.450 e. The Hall–Kier alpha value is -2.04. The van der Waals surface area contributed by atoms with Gasteiger partial charge in [0.05, 0.1) is 12.5 Å². The molecule has 0 aromatic heterocycles. The molecule has 5 nitrogen and oxygen atoms in total. The molecule has 1 N–H and O–H groups in total. The van der Waals surface area contributed by atoms with Crippen molar-refractivity contribution in [3.63, 3.8) is 0 Å². The zero-order valence-corrected chi connectivity index (χ0v) is 13.9. The second kappa shape index (κ2) is 6.11. The van der Waals surface area contributed by atoms with Crippen LogP contribution in [0.4, 0.5) is 4.79 Å². The van der Waals surface area contributed by atoms with Crippen molar-refractivity contribution >= 4 is 12.0 Å². The third-order valence-electron chi connectivity index (χ3n) is 5.92. The molecule has 0 bridgehead atoms. The fraction of sp³-hybridized carbons (Fsp3) is 0.579. The number of benzene rings is 1. The summed E-state index contributed by atoms with van der Waals surface area (Å²) in [7, 11) is 0. The number of cyclic esters (lactones) is 1. The number of rotatable bonds is 2. The van der Waals surface area contributed by atoms with Gasteiger partial charge in [0.25, 0.3) is 0 Å². The minimum absolute atomic E-state index is 0.142. The highest BCUT2D eigenvalue weighted by Gasteiger charge is 2.50. The van der Waals surface area contributed by atoms with Crippen LogP contribution in [0, 0.1) is 11.3 Å². The molecule has 1 saturated carbocycles. The molecule has 24 heavy (non-hydrogen) atoms. The third-order valence-corrected chi connectivity index (χ3v) is 5.92. The fourth-order valence-electron chi connectivity index (χ4n) is 4.53. The molecule has 3 aliphatic rings. The van der Waals surface area contributed by atoms with E-state index in [4.69, 9.17) is 4.74 Å². The summed E-state index contributed by atoms with van der Waals surface area (Å²) in [6.07, 6.45) is 3.69. The molecule has 1 aliphatic carbocycles. The molecule has 4 rings (SSSR count). The van der Waals surface area contributed by atoms with Crippen molar-refractivity contribution in [1.82, 2.24) is 10.2 Å². The van der Waals surface area contributed by atoms with E-state index in [0.29, 0.717) is 30.9 Å². The Morgan fingerprint density at radius 3 is 2.83 bits per heavy atom. The van der Waals surface area contributed by atoms with Crippen molar-refractivity contribution < 1.29 is 14.3 Å². The van der Waals surface area contributed by atoms with Gasteiger partial charge in [0.1, 0.15) is 0 Å². The predicted octanol–water partition coefficient (Wildman–Crippen LogP) is 2.53. The molecule has 128 valence electrons. The summed E-state index contributed by atoms with van der Waals surface area (Å²) < 4.78 is 4.96. The Labute approximate surface area is 142 Å². The van der Waals surface area contributed by atoms with Crippen LogP contribution in [0.25, 0.3) is 0 Å². The molecule has 5 heteroatoms. The number of carbonyl (C=O) groups excluding carboxylic acids is 2. The monoisotopic (exact) mass is 328 g/mol. The van der Waals surface area contributed by atoms with E-state index in [0.717, 1.165) is 19.5 Å². The van der Waals surface area contributed by atoms with Crippen LogP contribution in [-0.2, 0) is 9.53 Å². The van der Waals surface area contributed by atoms with Gasteiger partial charge in [0, 0.05) is 19.6 Å². The molecule has 1 aromatic rings. The van der Waals surface area contributed by atoms with E-state index in [9.17, 15) is 9.59 Å². The van der Waals surface area contributed by atoms with Gasteiger partial charge in [0.15, 0.2) is 0 Å². The lowest BCUT2D eigenvalue weighted by molar-refractivity contribution is -0.135. The molecular formula is C19H24N2O3. The molecule has 1 spiro atoms. The zero-order chi connectivity index (χ0) is 16.6. The number of amides is 2. The lowest BCUT2D eigenvalue weighted by Crippen LogP contribution is -2.43. The van der Waals surface area contributed by atoms with Crippen LogP contribution in [0.5, 0.6) is 0 Å². The maximum Gasteiger partial charge on any atom is 0.407 e. The Bertz CT molecular complexity index is 625. The smallest absolute Gasteiger partial charge is 0.407 e. The molecule has 2 heterocycles. The number of nitrogens with one attached hydrogen (secondary N) is 1. The van der Waals surface area contributed by atoms with Crippen LogP contribution in [0.1, 0.15) is 37.2 Å². The molecule has 1 atom stereocenters. The van der Waals surface area contributed by atoms with Crippen molar-refractivity contribution in [1.29, 1.82) is 0 Å². The van der Waals surface area contributed by atoms with Gasteiger partial charge in [-0.3, -0.25) is 4.79 Å². The Morgan fingerprint density at radius 2 is 2.04 bits per heavy atom. The first kappa shape index (κ1) is 15.5.